The Balaban J connectivity index is 1.24. The maximum atomic E-state index is 12.7. The molecule has 9 rings (SSSR count). The number of benzene rings is 4. The van der Waals surface area contributed by atoms with Crippen LogP contribution in [0.1, 0.15) is 45.5 Å². The number of aromatic nitrogens is 7. The quantitative estimate of drug-likeness (QED) is 0.137. The molecule has 7 aromatic rings. The molecule has 4 heterocycles. The number of hydrogen-bond acceptors (Lipinski definition) is 7. The van der Waals surface area contributed by atoms with Crippen LogP contribution in [0.2, 0.25) is 0 Å². The number of carbonyl (C=O) groups excluding carboxylic acids is 1. The van der Waals surface area contributed by atoms with Crippen LogP contribution in [0, 0.1) is 0 Å². The van der Waals surface area contributed by atoms with Gasteiger partial charge in [0, 0.05) is 34.6 Å². The molecule has 0 unspecified atom stereocenters. The first kappa shape index (κ1) is 35.0. The molecule has 0 saturated carbocycles. The molecule has 11 heteroatoms. The van der Waals surface area contributed by atoms with Gasteiger partial charge in [0.25, 0.3) is 5.91 Å². The van der Waals surface area contributed by atoms with E-state index in [9.17, 15) is 4.79 Å². The second-order valence-corrected chi connectivity index (χ2v) is 14.2. The first-order valence-corrected chi connectivity index (χ1v) is 19.1. The van der Waals surface area contributed by atoms with Crippen molar-refractivity contribution in [3.63, 3.8) is 0 Å². The lowest BCUT2D eigenvalue weighted by Crippen LogP contribution is -2.39. The minimum absolute atomic E-state index is 0.258. The van der Waals surface area contributed by atoms with Crippen LogP contribution in [0.3, 0.4) is 0 Å². The van der Waals surface area contributed by atoms with Crippen LogP contribution in [-0.2, 0) is 18.5 Å². The Hall–Kier alpha value is -6.72. The SMILES string of the molecule is CCc1nc2ccc(C(=O)NC)nc2n1Cc1c2ccocc-2c(Br)c1-c1ccccc1-c1nnn(C(c2ccccc2)(c2ccccc2)c2ccccc2)n1. The van der Waals surface area contributed by atoms with E-state index >= 15 is 0 Å². The van der Waals surface area contributed by atoms with E-state index in [1.807, 2.05) is 84.9 Å². The molecule has 2 aliphatic rings. The summed E-state index contributed by atoms with van der Waals surface area (Å²) >= 11 is 3.99. The average molecular weight is 800 g/mol. The standard InChI is InChI=1S/C45H35BrN8O2/c1-3-39-48-37-23-24-38(44(55)47-2)49-43(37)53(39)27-35-32-25-26-56-28-36(32)41(46)40(35)33-21-13-14-22-34(33)42-50-52-54(51-42)45(29-15-7-4-8-16-29,30-17-9-5-10-18-30)31-19-11-6-12-20-31/h4-26,28H,3,27H2,1-2H3,(H,47,55). The molecule has 1 aliphatic heterocycles. The van der Waals surface area contributed by atoms with Gasteiger partial charge in [-0.25, -0.2) is 9.97 Å². The third-order valence-electron chi connectivity index (χ3n) is 10.4. The number of imidazole rings is 1. The van der Waals surface area contributed by atoms with Crippen LogP contribution in [0.5, 0.6) is 0 Å². The molecule has 1 amide bonds. The van der Waals surface area contributed by atoms with Gasteiger partial charge in [-0.1, -0.05) is 122 Å². The molecule has 0 spiro atoms. The van der Waals surface area contributed by atoms with Crippen molar-refractivity contribution >= 4 is 33.0 Å². The molecule has 0 bridgehead atoms. The van der Waals surface area contributed by atoms with E-state index in [2.05, 4.69) is 75.2 Å². The van der Waals surface area contributed by atoms with E-state index in [0.717, 1.165) is 65.9 Å². The molecule has 3 aromatic heterocycles. The fraction of sp³-hybridized carbons (Fsp3) is 0.111. The maximum Gasteiger partial charge on any atom is 0.269 e. The van der Waals surface area contributed by atoms with Gasteiger partial charge in [-0.15, -0.1) is 15.0 Å². The lowest BCUT2D eigenvalue weighted by Gasteiger charge is -2.34. The Bertz CT molecular complexity index is 2700. The van der Waals surface area contributed by atoms with Crippen LogP contribution in [0.4, 0.5) is 0 Å². The molecule has 4 aromatic carbocycles. The summed E-state index contributed by atoms with van der Waals surface area (Å²) < 4.78 is 8.69. The Morgan fingerprint density at radius 2 is 1.38 bits per heavy atom. The van der Waals surface area contributed by atoms with E-state index in [1.54, 1.807) is 30.4 Å². The molecular formula is C45H35BrN8O2. The van der Waals surface area contributed by atoms with Gasteiger partial charge < -0.3 is 14.3 Å². The monoisotopic (exact) mass is 798 g/mol. The van der Waals surface area contributed by atoms with E-state index in [0.29, 0.717) is 30.1 Å². The Kier molecular flexibility index (Phi) is 9.06. The highest BCUT2D eigenvalue weighted by atomic mass is 79.9. The number of nitrogens with zero attached hydrogens (tertiary/aromatic N) is 7. The lowest BCUT2D eigenvalue weighted by molar-refractivity contribution is 0.0958. The summed E-state index contributed by atoms with van der Waals surface area (Å²) in [6, 6.07) is 44.6. The number of tetrazole rings is 1. The maximum absolute atomic E-state index is 12.7. The number of rotatable bonds is 10. The highest BCUT2D eigenvalue weighted by molar-refractivity contribution is 9.10. The summed E-state index contributed by atoms with van der Waals surface area (Å²) in [6.45, 7) is 2.50. The molecule has 0 atom stereocenters. The van der Waals surface area contributed by atoms with Gasteiger partial charge in [-0.3, -0.25) is 4.79 Å². The summed E-state index contributed by atoms with van der Waals surface area (Å²) in [4.78, 5) is 24.1. The normalized spacial score (nSPS) is 11.7. The van der Waals surface area contributed by atoms with Gasteiger partial charge in [-0.2, -0.15) is 0 Å². The molecule has 0 fully saturated rings. The number of amides is 1. The molecule has 1 aliphatic carbocycles. The third kappa shape index (κ3) is 5.70. The van der Waals surface area contributed by atoms with Crippen molar-refractivity contribution in [2.75, 3.05) is 7.05 Å². The van der Waals surface area contributed by atoms with Crippen LogP contribution in [0.15, 0.2) is 155 Å². The number of hydrogen-bond donors (Lipinski definition) is 1. The van der Waals surface area contributed by atoms with Crippen molar-refractivity contribution in [3.8, 4) is 33.6 Å². The first-order valence-electron chi connectivity index (χ1n) is 18.3. The summed E-state index contributed by atoms with van der Waals surface area (Å²) in [6.07, 6.45) is 4.12. The van der Waals surface area contributed by atoms with Crippen molar-refractivity contribution in [2.45, 2.75) is 25.4 Å². The first-order chi connectivity index (χ1) is 27.5. The number of halogens is 1. The minimum atomic E-state index is -0.925. The lowest BCUT2D eigenvalue weighted by atomic mass is 9.77. The summed E-state index contributed by atoms with van der Waals surface area (Å²) in [7, 11) is 1.60. The predicted octanol–water partition coefficient (Wildman–Crippen LogP) is 9.02. The zero-order valence-corrected chi connectivity index (χ0v) is 32.2. The second-order valence-electron chi connectivity index (χ2n) is 13.4. The van der Waals surface area contributed by atoms with Gasteiger partial charge in [0.15, 0.2) is 11.2 Å². The van der Waals surface area contributed by atoms with Gasteiger partial charge in [0.1, 0.15) is 17.0 Å². The van der Waals surface area contributed by atoms with E-state index in [1.165, 1.54) is 0 Å². The van der Waals surface area contributed by atoms with E-state index in [4.69, 9.17) is 29.8 Å². The highest BCUT2D eigenvalue weighted by Crippen LogP contribution is 2.49. The Morgan fingerprint density at radius 1 is 0.750 bits per heavy atom. The topological polar surface area (TPSA) is 117 Å². The van der Waals surface area contributed by atoms with Crippen LogP contribution >= 0.6 is 15.9 Å². The van der Waals surface area contributed by atoms with Crippen molar-refractivity contribution in [1.29, 1.82) is 0 Å². The summed E-state index contributed by atoms with van der Waals surface area (Å²) in [5, 5.41) is 17.6. The number of pyridine rings is 1. The van der Waals surface area contributed by atoms with Crippen LogP contribution in [0.25, 0.3) is 44.8 Å². The molecule has 274 valence electrons. The molecule has 1 N–H and O–H groups in total. The van der Waals surface area contributed by atoms with E-state index in [-0.39, 0.29) is 5.91 Å². The summed E-state index contributed by atoms with van der Waals surface area (Å²) in [5.74, 6) is 1.07. The van der Waals surface area contributed by atoms with Crippen molar-refractivity contribution in [2.24, 2.45) is 0 Å². The average Bonchev–Trinajstić information content (AvgIpc) is 3.97. The van der Waals surface area contributed by atoms with Gasteiger partial charge >= 0.3 is 0 Å². The van der Waals surface area contributed by atoms with Gasteiger partial charge in [0.05, 0.1) is 19.1 Å². The summed E-state index contributed by atoms with van der Waals surface area (Å²) in [5.41, 5.74) is 9.38. The fourth-order valence-corrected chi connectivity index (χ4v) is 8.55. The van der Waals surface area contributed by atoms with Crippen molar-refractivity contribution in [1.82, 2.24) is 40.1 Å². The van der Waals surface area contributed by atoms with Crippen molar-refractivity contribution < 1.29 is 9.21 Å². The van der Waals surface area contributed by atoms with Gasteiger partial charge in [0.2, 0.25) is 5.82 Å². The van der Waals surface area contributed by atoms with Gasteiger partial charge in [-0.05, 0) is 72.7 Å². The molecule has 0 radical (unpaired) electrons. The zero-order valence-electron chi connectivity index (χ0n) is 30.6. The predicted molar refractivity (Wildman–Crippen MR) is 219 cm³/mol. The second kappa shape index (κ2) is 14.5. The Morgan fingerprint density at radius 3 is 2.00 bits per heavy atom. The smallest absolute Gasteiger partial charge is 0.269 e. The zero-order chi connectivity index (χ0) is 38.2. The number of fused-ring (bicyclic) bond motifs is 2. The number of nitrogens with one attached hydrogen (secondary N) is 1. The van der Waals surface area contributed by atoms with Crippen LogP contribution < -0.4 is 5.32 Å². The Labute approximate surface area is 331 Å². The fourth-order valence-electron chi connectivity index (χ4n) is 7.79. The molecule has 0 saturated heterocycles. The number of aryl methyl sites for hydroxylation is 1. The molecule has 56 heavy (non-hydrogen) atoms. The highest BCUT2D eigenvalue weighted by Gasteiger charge is 2.41. The molecular weight excluding hydrogens is 764 g/mol. The van der Waals surface area contributed by atoms with Crippen LogP contribution in [-0.4, -0.2) is 47.7 Å². The molecule has 10 nitrogen and oxygen atoms in total. The number of carbonyl (C=O) groups is 1. The van der Waals surface area contributed by atoms with E-state index < -0.39 is 5.54 Å². The third-order valence-corrected chi connectivity index (χ3v) is 11.2. The minimum Gasteiger partial charge on any atom is -0.472 e. The largest absolute Gasteiger partial charge is 0.472 e. The van der Waals surface area contributed by atoms with Crippen molar-refractivity contribution in [3.05, 3.63) is 184 Å².